The molecule has 2 aliphatic rings. The summed E-state index contributed by atoms with van der Waals surface area (Å²) in [4.78, 5) is 44.2. The van der Waals surface area contributed by atoms with Crippen LogP contribution >= 0.6 is 0 Å². The van der Waals surface area contributed by atoms with Gasteiger partial charge >= 0.3 is 0 Å². The van der Waals surface area contributed by atoms with Crippen LogP contribution in [-0.4, -0.2) is 46.8 Å². The lowest BCUT2D eigenvalue weighted by molar-refractivity contribution is -0.118. The molecule has 1 fully saturated rings. The van der Waals surface area contributed by atoms with Crippen LogP contribution in [0.5, 0.6) is 5.75 Å². The van der Waals surface area contributed by atoms with Crippen LogP contribution in [0.3, 0.4) is 0 Å². The molecule has 10 nitrogen and oxygen atoms in total. The number of anilines is 2. The molecule has 1 aromatic heterocycles. The second kappa shape index (κ2) is 13.1. The standard InChI is InChI=1S/C34H35N5O5/c35-17-3-1-2-4-28-19-36-33(44-28)24-9-12-26(13-10-24)37-32(41)23-7-5-22(6-8-23)20-39(27-14-15-27)34(42)25-11-16-29-30(18-25)43-21-31(40)38-29/h5-13,16,18-19,27H,1-4,14-15,17,20-21,35H2,(H,37,41)(H,38,40). The Morgan fingerprint density at radius 3 is 2.50 bits per heavy atom. The van der Waals surface area contributed by atoms with Crippen LogP contribution in [0, 0.1) is 0 Å². The number of nitrogens with one attached hydrogen (secondary N) is 2. The number of amides is 3. The number of aryl methyl sites for hydroxylation is 1. The summed E-state index contributed by atoms with van der Waals surface area (Å²) < 4.78 is 11.4. The number of ether oxygens (including phenoxy) is 1. The maximum atomic E-state index is 13.4. The number of aromatic nitrogens is 1. The minimum Gasteiger partial charge on any atom is -0.482 e. The molecule has 0 bridgehead atoms. The summed E-state index contributed by atoms with van der Waals surface area (Å²) in [7, 11) is 0. The quantitative estimate of drug-likeness (QED) is 0.187. The third-order valence-corrected chi connectivity index (χ3v) is 7.75. The molecule has 226 valence electrons. The van der Waals surface area contributed by atoms with Gasteiger partial charge in [-0.05, 0) is 92.4 Å². The fraction of sp³-hybridized carbons (Fsp3) is 0.294. The fourth-order valence-electron chi connectivity index (χ4n) is 5.16. The normalized spacial score (nSPS) is 13.9. The number of rotatable bonds is 12. The molecular formula is C34H35N5O5. The average Bonchev–Trinajstić information content (AvgIpc) is 3.78. The first-order chi connectivity index (χ1) is 21.5. The summed E-state index contributed by atoms with van der Waals surface area (Å²) >= 11 is 0. The molecule has 1 saturated carbocycles. The molecule has 0 atom stereocenters. The number of carbonyl (C=O) groups is 3. The van der Waals surface area contributed by atoms with Crippen molar-refractivity contribution in [3.63, 3.8) is 0 Å². The zero-order valence-electron chi connectivity index (χ0n) is 24.4. The van der Waals surface area contributed by atoms with Gasteiger partial charge in [-0.15, -0.1) is 0 Å². The van der Waals surface area contributed by atoms with Crippen molar-refractivity contribution in [1.82, 2.24) is 9.88 Å². The Bertz CT molecular complexity index is 1640. The third-order valence-electron chi connectivity index (χ3n) is 7.75. The Morgan fingerprint density at radius 1 is 0.977 bits per heavy atom. The van der Waals surface area contributed by atoms with E-state index in [1.54, 1.807) is 36.5 Å². The predicted octanol–water partition coefficient (Wildman–Crippen LogP) is 5.40. The van der Waals surface area contributed by atoms with Gasteiger partial charge in [0.05, 0.1) is 11.9 Å². The highest BCUT2D eigenvalue weighted by Gasteiger charge is 2.33. The van der Waals surface area contributed by atoms with Crippen LogP contribution < -0.4 is 21.1 Å². The zero-order valence-corrected chi connectivity index (χ0v) is 24.4. The number of unbranched alkanes of at least 4 members (excludes halogenated alkanes) is 2. The number of oxazole rings is 1. The molecule has 0 radical (unpaired) electrons. The van der Waals surface area contributed by atoms with Crippen molar-refractivity contribution in [1.29, 1.82) is 0 Å². The van der Waals surface area contributed by atoms with Crippen LogP contribution in [0.2, 0.25) is 0 Å². The molecule has 0 saturated heterocycles. The summed E-state index contributed by atoms with van der Waals surface area (Å²) in [6.45, 7) is 1.06. The van der Waals surface area contributed by atoms with Crippen LogP contribution in [0.4, 0.5) is 11.4 Å². The minimum absolute atomic E-state index is 0.0675. The Kier molecular flexibility index (Phi) is 8.69. The maximum absolute atomic E-state index is 13.4. The largest absolute Gasteiger partial charge is 0.482 e. The van der Waals surface area contributed by atoms with Gasteiger partial charge in [-0.1, -0.05) is 18.6 Å². The number of hydrogen-bond donors (Lipinski definition) is 3. The van der Waals surface area contributed by atoms with E-state index in [1.807, 2.05) is 41.3 Å². The first kappa shape index (κ1) is 29.1. The maximum Gasteiger partial charge on any atom is 0.262 e. The van der Waals surface area contributed by atoms with Crippen LogP contribution in [0.25, 0.3) is 11.5 Å². The first-order valence-electron chi connectivity index (χ1n) is 15.0. The monoisotopic (exact) mass is 593 g/mol. The van der Waals surface area contributed by atoms with E-state index in [-0.39, 0.29) is 30.4 Å². The Morgan fingerprint density at radius 2 is 1.75 bits per heavy atom. The number of nitrogens with zero attached hydrogens (tertiary/aromatic N) is 2. The first-order valence-corrected chi connectivity index (χ1v) is 15.0. The lowest BCUT2D eigenvalue weighted by Crippen LogP contribution is -2.33. The van der Waals surface area contributed by atoms with Gasteiger partial charge in [0.1, 0.15) is 11.5 Å². The van der Waals surface area contributed by atoms with Crippen molar-refractivity contribution in [2.75, 3.05) is 23.8 Å². The van der Waals surface area contributed by atoms with E-state index in [0.717, 1.165) is 55.4 Å². The van der Waals surface area contributed by atoms with E-state index in [4.69, 9.17) is 14.9 Å². The summed E-state index contributed by atoms with van der Waals surface area (Å²) in [5.74, 6) is 1.37. The molecule has 3 aromatic carbocycles. The predicted molar refractivity (Wildman–Crippen MR) is 166 cm³/mol. The Hall–Kier alpha value is -4.96. The smallest absolute Gasteiger partial charge is 0.262 e. The molecule has 4 aromatic rings. The van der Waals surface area contributed by atoms with Gasteiger partial charge in [0.2, 0.25) is 5.89 Å². The molecule has 44 heavy (non-hydrogen) atoms. The third kappa shape index (κ3) is 6.98. The van der Waals surface area contributed by atoms with Crippen molar-refractivity contribution in [3.05, 3.63) is 95.4 Å². The van der Waals surface area contributed by atoms with E-state index in [2.05, 4.69) is 15.6 Å². The summed E-state index contributed by atoms with van der Waals surface area (Å²) in [6, 6.07) is 19.9. The molecule has 2 heterocycles. The average molecular weight is 594 g/mol. The number of fused-ring (bicyclic) bond motifs is 1. The molecule has 6 rings (SSSR count). The van der Waals surface area contributed by atoms with Crippen molar-refractivity contribution >= 4 is 29.1 Å². The summed E-state index contributed by atoms with van der Waals surface area (Å²) in [6.07, 6.45) is 7.60. The molecule has 10 heteroatoms. The Balaban J connectivity index is 1.05. The van der Waals surface area contributed by atoms with Gasteiger partial charge < -0.3 is 30.4 Å². The number of carbonyl (C=O) groups excluding carboxylic acids is 3. The topological polar surface area (TPSA) is 140 Å². The minimum atomic E-state index is -0.225. The highest BCUT2D eigenvalue weighted by molar-refractivity contribution is 6.04. The van der Waals surface area contributed by atoms with Crippen LogP contribution in [0.15, 0.2) is 77.3 Å². The van der Waals surface area contributed by atoms with E-state index in [0.29, 0.717) is 47.2 Å². The zero-order chi connectivity index (χ0) is 30.5. The van der Waals surface area contributed by atoms with Crippen molar-refractivity contribution in [3.8, 4) is 17.2 Å². The van der Waals surface area contributed by atoms with Gasteiger partial charge in [0.25, 0.3) is 17.7 Å². The molecule has 1 aliphatic heterocycles. The molecular weight excluding hydrogens is 558 g/mol. The van der Waals surface area contributed by atoms with Gasteiger partial charge in [0.15, 0.2) is 6.61 Å². The van der Waals surface area contributed by atoms with Crippen molar-refractivity contribution < 1.29 is 23.5 Å². The summed E-state index contributed by atoms with van der Waals surface area (Å²) in [5, 5.41) is 5.68. The highest BCUT2D eigenvalue weighted by Crippen LogP contribution is 2.33. The van der Waals surface area contributed by atoms with E-state index in [1.165, 1.54) is 0 Å². The molecule has 1 aliphatic carbocycles. The van der Waals surface area contributed by atoms with E-state index in [9.17, 15) is 14.4 Å². The number of nitrogens with two attached hydrogens (primary N) is 1. The second-order valence-electron chi connectivity index (χ2n) is 11.2. The van der Waals surface area contributed by atoms with Gasteiger partial charge in [-0.25, -0.2) is 4.98 Å². The van der Waals surface area contributed by atoms with E-state index >= 15 is 0 Å². The van der Waals surface area contributed by atoms with Crippen molar-refractivity contribution in [2.45, 2.75) is 51.1 Å². The number of hydrogen-bond acceptors (Lipinski definition) is 7. The van der Waals surface area contributed by atoms with E-state index < -0.39 is 0 Å². The van der Waals surface area contributed by atoms with Gasteiger partial charge in [0, 0.05) is 41.4 Å². The molecule has 0 spiro atoms. The molecule has 4 N–H and O–H groups in total. The highest BCUT2D eigenvalue weighted by atomic mass is 16.5. The second-order valence-corrected chi connectivity index (χ2v) is 11.2. The lowest BCUT2D eigenvalue weighted by atomic mass is 10.1. The van der Waals surface area contributed by atoms with Crippen molar-refractivity contribution in [2.24, 2.45) is 5.73 Å². The SMILES string of the molecule is NCCCCCc1cnc(-c2ccc(NC(=O)c3ccc(CN(C(=O)c4ccc5c(c4)OCC(=O)N5)C4CC4)cc3)cc2)o1. The van der Waals surface area contributed by atoms with Crippen LogP contribution in [0.1, 0.15) is 64.1 Å². The molecule has 0 unspecified atom stereocenters. The lowest BCUT2D eigenvalue weighted by Gasteiger charge is -2.24. The van der Waals surface area contributed by atoms with Gasteiger partial charge in [-0.2, -0.15) is 0 Å². The molecule has 3 amide bonds. The number of benzene rings is 3. The fourth-order valence-corrected chi connectivity index (χ4v) is 5.16. The Labute approximate surface area is 255 Å². The van der Waals surface area contributed by atoms with Gasteiger partial charge in [-0.3, -0.25) is 14.4 Å². The van der Waals surface area contributed by atoms with Crippen LogP contribution in [-0.2, 0) is 17.8 Å². The summed E-state index contributed by atoms with van der Waals surface area (Å²) in [5.41, 5.74) is 9.57.